The number of nitrogen functional groups attached to an aromatic ring is 1. The van der Waals surface area contributed by atoms with Gasteiger partial charge in [-0.3, -0.25) is 5.41 Å². The third kappa shape index (κ3) is 2.04. The molecule has 0 amide bonds. The summed E-state index contributed by atoms with van der Waals surface area (Å²) >= 11 is 1.58. The molecule has 0 unspecified atom stereocenters. The predicted octanol–water partition coefficient (Wildman–Crippen LogP) is 2.60. The van der Waals surface area contributed by atoms with Crippen LogP contribution in [0.2, 0.25) is 0 Å². The average molecular weight is 223 g/mol. The summed E-state index contributed by atoms with van der Waals surface area (Å²) in [5.74, 6) is 0.737. The second-order valence-corrected chi connectivity index (χ2v) is 6.17. The molecule has 2 rings (SSSR count). The Morgan fingerprint density at radius 2 is 2.07 bits per heavy atom. The number of amidine groups is 1. The van der Waals surface area contributed by atoms with Crippen molar-refractivity contribution in [3.05, 3.63) is 15.6 Å². The zero-order valence-corrected chi connectivity index (χ0v) is 10.2. The molecule has 0 aromatic carbocycles. The molecule has 1 aliphatic carbocycles. The average Bonchev–Trinajstić information content (AvgIpc) is 2.81. The summed E-state index contributed by atoms with van der Waals surface area (Å²) in [6.07, 6.45) is 2.40. The zero-order valence-electron chi connectivity index (χ0n) is 9.42. The molecular formula is C11H17N3S. The first-order valence-corrected chi connectivity index (χ1v) is 6.07. The molecule has 1 saturated carbocycles. The van der Waals surface area contributed by atoms with E-state index in [1.165, 1.54) is 12.8 Å². The fraction of sp³-hybridized carbons (Fsp3) is 0.636. The molecule has 0 aliphatic heterocycles. The molecule has 15 heavy (non-hydrogen) atoms. The molecule has 4 heteroatoms. The number of nitrogens with two attached hydrogens (primary N) is 1. The molecule has 1 aromatic rings. The molecule has 82 valence electrons. The standard InChI is InChI=1S/C11H17N3S/c1-11(2,3)10-14-7(6-4-5-6)8(15-10)9(12)13/h6H,4-5H2,1-3H3,(H3,12,13). The minimum absolute atomic E-state index is 0.0575. The lowest BCUT2D eigenvalue weighted by Crippen LogP contribution is -2.11. The lowest BCUT2D eigenvalue weighted by molar-refractivity contribution is 0.583. The van der Waals surface area contributed by atoms with Crippen LogP contribution in [0.25, 0.3) is 0 Å². The van der Waals surface area contributed by atoms with Crippen LogP contribution in [0.4, 0.5) is 0 Å². The van der Waals surface area contributed by atoms with Crippen LogP contribution in [-0.2, 0) is 5.41 Å². The number of thiazole rings is 1. The van der Waals surface area contributed by atoms with E-state index in [0.29, 0.717) is 5.92 Å². The Bertz CT molecular complexity index is 396. The number of nitrogens with one attached hydrogen (secondary N) is 1. The summed E-state index contributed by atoms with van der Waals surface area (Å²) in [6, 6.07) is 0. The molecule has 1 fully saturated rings. The molecule has 3 N–H and O–H groups in total. The van der Waals surface area contributed by atoms with Crippen LogP contribution in [0.3, 0.4) is 0 Å². The summed E-state index contributed by atoms with van der Waals surface area (Å²) in [5.41, 5.74) is 6.72. The summed E-state index contributed by atoms with van der Waals surface area (Å²) in [5, 5.41) is 8.66. The first-order chi connectivity index (χ1) is 6.89. The quantitative estimate of drug-likeness (QED) is 0.598. The van der Waals surface area contributed by atoms with Crippen molar-refractivity contribution in [1.82, 2.24) is 4.98 Å². The van der Waals surface area contributed by atoms with E-state index in [9.17, 15) is 0 Å². The van der Waals surface area contributed by atoms with Gasteiger partial charge in [-0.1, -0.05) is 20.8 Å². The maximum absolute atomic E-state index is 7.56. The van der Waals surface area contributed by atoms with E-state index in [1.54, 1.807) is 11.3 Å². The highest BCUT2D eigenvalue weighted by Crippen LogP contribution is 2.43. The largest absolute Gasteiger partial charge is 0.383 e. The SMILES string of the molecule is CC(C)(C)c1nc(C2CC2)c(C(=N)N)s1. The predicted molar refractivity (Wildman–Crippen MR) is 63.8 cm³/mol. The topological polar surface area (TPSA) is 62.8 Å². The number of nitrogens with zero attached hydrogens (tertiary/aromatic N) is 1. The van der Waals surface area contributed by atoms with Gasteiger partial charge in [-0.25, -0.2) is 4.98 Å². The molecule has 0 spiro atoms. The van der Waals surface area contributed by atoms with E-state index in [1.807, 2.05) is 0 Å². The van der Waals surface area contributed by atoms with Crippen LogP contribution in [0.1, 0.15) is 55.1 Å². The van der Waals surface area contributed by atoms with Crippen molar-refractivity contribution in [2.75, 3.05) is 0 Å². The van der Waals surface area contributed by atoms with Gasteiger partial charge in [0, 0.05) is 11.3 Å². The first kappa shape index (κ1) is 10.6. The van der Waals surface area contributed by atoms with E-state index in [-0.39, 0.29) is 11.3 Å². The van der Waals surface area contributed by atoms with E-state index >= 15 is 0 Å². The van der Waals surface area contributed by atoms with Gasteiger partial charge in [0.15, 0.2) is 0 Å². The Kier molecular flexibility index (Phi) is 2.34. The van der Waals surface area contributed by atoms with Gasteiger partial charge in [0.1, 0.15) is 5.84 Å². The normalized spacial score (nSPS) is 16.7. The highest BCUT2D eigenvalue weighted by molar-refractivity contribution is 7.14. The van der Waals surface area contributed by atoms with E-state index in [0.717, 1.165) is 15.6 Å². The van der Waals surface area contributed by atoms with E-state index in [4.69, 9.17) is 11.1 Å². The van der Waals surface area contributed by atoms with Gasteiger partial charge in [-0.15, -0.1) is 11.3 Å². The van der Waals surface area contributed by atoms with Gasteiger partial charge in [-0.2, -0.15) is 0 Å². The molecule has 0 atom stereocenters. The first-order valence-electron chi connectivity index (χ1n) is 5.25. The van der Waals surface area contributed by atoms with Gasteiger partial charge in [0.05, 0.1) is 15.6 Å². The van der Waals surface area contributed by atoms with Crippen LogP contribution >= 0.6 is 11.3 Å². The lowest BCUT2D eigenvalue weighted by Gasteiger charge is -2.13. The zero-order chi connectivity index (χ0) is 11.2. The second-order valence-electron chi connectivity index (χ2n) is 5.17. The van der Waals surface area contributed by atoms with Crippen molar-refractivity contribution in [1.29, 1.82) is 5.41 Å². The van der Waals surface area contributed by atoms with Crippen molar-refractivity contribution in [2.24, 2.45) is 5.73 Å². The molecule has 1 heterocycles. The number of hydrogen-bond acceptors (Lipinski definition) is 3. The van der Waals surface area contributed by atoms with E-state index < -0.39 is 0 Å². The molecule has 1 aliphatic rings. The van der Waals surface area contributed by atoms with E-state index in [2.05, 4.69) is 25.8 Å². The maximum Gasteiger partial charge on any atom is 0.135 e. The second kappa shape index (κ2) is 3.30. The molecule has 0 bridgehead atoms. The Labute approximate surface area is 94.2 Å². The Morgan fingerprint density at radius 3 is 2.47 bits per heavy atom. The van der Waals surface area contributed by atoms with Gasteiger partial charge < -0.3 is 5.73 Å². The highest BCUT2D eigenvalue weighted by Gasteiger charge is 2.32. The van der Waals surface area contributed by atoms with Gasteiger partial charge in [0.2, 0.25) is 0 Å². The van der Waals surface area contributed by atoms with Gasteiger partial charge >= 0.3 is 0 Å². The summed E-state index contributed by atoms with van der Waals surface area (Å²) in [7, 11) is 0. The van der Waals surface area contributed by atoms with Crippen molar-refractivity contribution in [3.8, 4) is 0 Å². The summed E-state index contributed by atoms with van der Waals surface area (Å²) in [6.45, 7) is 6.44. The Hall–Kier alpha value is -0.900. The van der Waals surface area contributed by atoms with Crippen molar-refractivity contribution in [2.45, 2.75) is 44.9 Å². The number of hydrogen-bond donors (Lipinski definition) is 2. The minimum atomic E-state index is 0.0575. The third-order valence-corrected chi connectivity index (χ3v) is 4.03. The van der Waals surface area contributed by atoms with Crippen molar-refractivity contribution < 1.29 is 0 Å². The maximum atomic E-state index is 7.56. The lowest BCUT2D eigenvalue weighted by atomic mass is 9.98. The van der Waals surface area contributed by atoms with Gasteiger partial charge in [-0.05, 0) is 12.8 Å². The molecule has 0 radical (unpaired) electrons. The third-order valence-electron chi connectivity index (χ3n) is 2.50. The number of rotatable bonds is 2. The molecule has 1 aromatic heterocycles. The van der Waals surface area contributed by atoms with Crippen LogP contribution < -0.4 is 5.73 Å². The van der Waals surface area contributed by atoms with Crippen molar-refractivity contribution in [3.63, 3.8) is 0 Å². The monoisotopic (exact) mass is 223 g/mol. The summed E-state index contributed by atoms with van der Waals surface area (Å²) < 4.78 is 0. The molecular weight excluding hydrogens is 206 g/mol. The smallest absolute Gasteiger partial charge is 0.135 e. The summed E-state index contributed by atoms with van der Waals surface area (Å²) in [4.78, 5) is 5.55. The van der Waals surface area contributed by atoms with Crippen LogP contribution in [0, 0.1) is 5.41 Å². The fourth-order valence-corrected chi connectivity index (χ4v) is 2.55. The van der Waals surface area contributed by atoms with Gasteiger partial charge in [0.25, 0.3) is 0 Å². The minimum Gasteiger partial charge on any atom is -0.383 e. The molecule has 3 nitrogen and oxygen atoms in total. The fourth-order valence-electron chi connectivity index (χ4n) is 1.48. The highest BCUT2D eigenvalue weighted by atomic mass is 32.1. The van der Waals surface area contributed by atoms with Crippen LogP contribution in [0.5, 0.6) is 0 Å². The van der Waals surface area contributed by atoms with Crippen molar-refractivity contribution >= 4 is 17.2 Å². The Morgan fingerprint density at radius 1 is 1.47 bits per heavy atom. The van der Waals surface area contributed by atoms with Crippen LogP contribution in [0.15, 0.2) is 0 Å². The van der Waals surface area contributed by atoms with Crippen LogP contribution in [-0.4, -0.2) is 10.8 Å². The molecule has 0 saturated heterocycles. The number of aromatic nitrogens is 1. The Balaban J connectivity index is 2.44.